The summed E-state index contributed by atoms with van der Waals surface area (Å²) >= 11 is 0. The maximum absolute atomic E-state index is 13.9. The van der Waals surface area contributed by atoms with Gasteiger partial charge in [0.15, 0.2) is 0 Å². The van der Waals surface area contributed by atoms with Crippen molar-refractivity contribution in [2.45, 2.75) is 32.1 Å². The second-order valence-electron chi connectivity index (χ2n) is 9.44. The first-order chi connectivity index (χ1) is 16.5. The summed E-state index contributed by atoms with van der Waals surface area (Å²) in [5.41, 5.74) is 6.35. The van der Waals surface area contributed by atoms with E-state index in [1.807, 2.05) is 55.5 Å². The molecule has 5 heteroatoms. The Hall–Kier alpha value is -3.73. The number of nitrogens with zero attached hydrogens (tertiary/aromatic N) is 2. The third kappa shape index (κ3) is 2.76. The van der Waals surface area contributed by atoms with Crippen LogP contribution >= 0.6 is 0 Å². The van der Waals surface area contributed by atoms with Gasteiger partial charge in [0.05, 0.1) is 11.8 Å². The first-order valence-electron chi connectivity index (χ1n) is 11.9. The van der Waals surface area contributed by atoms with Crippen LogP contribution in [0.15, 0.2) is 72.8 Å². The Morgan fingerprint density at radius 1 is 0.765 bits per heavy atom. The molecule has 1 heterocycles. The normalized spacial score (nSPS) is 24.0. The number of para-hydroxylation sites is 1. The molecule has 2 bridgehead atoms. The van der Waals surface area contributed by atoms with Gasteiger partial charge in [-0.25, -0.2) is 0 Å². The second kappa shape index (κ2) is 7.66. The largest absolute Gasteiger partial charge is 0.294 e. The highest BCUT2D eigenvalue weighted by atomic mass is 16.2. The number of hydrogen-bond acceptors (Lipinski definition) is 3. The number of carbonyl (C=O) groups excluding carboxylic acids is 3. The highest BCUT2D eigenvalue weighted by molar-refractivity contribution is 6.08. The van der Waals surface area contributed by atoms with E-state index < -0.39 is 11.8 Å². The highest BCUT2D eigenvalue weighted by Crippen LogP contribution is 2.60. The van der Waals surface area contributed by atoms with Crippen molar-refractivity contribution >= 4 is 23.4 Å². The van der Waals surface area contributed by atoms with Gasteiger partial charge in [-0.3, -0.25) is 24.2 Å². The van der Waals surface area contributed by atoms with Crippen LogP contribution in [-0.4, -0.2) is 29.3 Å². The molecule has 1 fully saturated rings. The number of rotatable bonds is 4. The molecule has 7 rings (SSSR count). The van der Waals surface area contributed by atoms with E-state index >= 15 is 0 Å². The van der Waals surface area contributed by atoms with Gasteiger partial charge < -0.3 is 0 Å². The van der Waals surface area contributed by atoms with Crippen LogP contribution in [0.3, 0.4) is 0 Å². The first-order valence-corrected chi connectivity index (χ1v) is 11.9. The van der Waals surface area contributed by atoms with Crippen LogP contribution in [0.1, 0.15) is 53.5 Å². The van der Waals surface area contributed by atoms with E-state index in [1.54, 1.807) is 4.90 Å². The van der Waals surface area contributed by atoms with Gasteiger partial charge in [0, 0.05) is 24.4 Å². The van der Waals surface area contributed by atoms with Crippen molar-refractivity contribution in [3.05, 3.63) is 101 Å². The molecule has 170 valence electrons. The van der Waals surface area contributed by atoms with Gasteiger partial charge in [0.2, 0.25) is 17.7 Å². The molecule has 0 N–H and O–H groups in total. The Morgan fingerprint density at radius 2 is 1.21 bits per heavy atom. The third-order valence-electron chi connectivity index (χ3n) is 7.87. The molecule has 0 spiro atoms. The molecule has 3 aliphatic carbocycles. The van der Waals surface area contributed by atoms with Gasteiger partial charge >= 0.3 is 0 Å². The number of imide groups is 1. The molecular formula is C29H26N2O3. The molecule has 1 aliphatic heterocycles. The van der Waals surface area contributed by atoms with Gasteiger partial charge in [-0.15, -0.1) is 0 Å². The number of anilines is 1. The molecule has 2 atom stereocenters. The zero-order valence-corrected chi connectivity index (χ0v) is 19.3. The predicted molar refractivity (Wildman–Crippen MR) is 129 cm³/mol. The Kier molecular flexibility index (Phi) is 4.70. The van der Waals surface area contributed by atoms with Crippen molar-refractivity contribution < 1.29 is 14.4 Å². The summed E-state index contributed by atoms with van der Waals surface area (Å²) in [5.74, 6) is -1.68. The third-order valence-corrected chi connectivity index (χ3v) is 7.87. The zero-order valence-electron chi connectivity index (χ0n) is 19.3. The zero-order chi connectivity index (χ0) is 23.6. The van der Waals surface area contributed by atoms with Crippen molar-refractivity contribution in [2.24, 2.45) is 11.8 Å². The Morgan fingerprint density at radius 3 is 1.65 bits per heavy atom. The molecule has 0 aromatic heterocycles. The monoisotopic (exact) mass is 450 g/mol. The van der Waals surface area contributed by atoms with Gasteiger partial charge in [0.25, 0.3) is 0 Å². The van der Waals surface area contributed by atoms with Crippen molar-refractivity contribution in [1.29, 1.82) is 0 Å². The van der Waals surface area contributed by atoms with Crippen molar-refractivity contribution in [3.63, 3.8) is 0 Å². The van der Waals surface area contributed by atoms with Gasteiger partial charge in [-0.2, -0.15) is 0 Å². The quantitative estimate of drug-likeness (QED) is 0.552. The lowest BCUT2D eigenvalue weighted by Crippen LogP contribution is -2.44. The average molecular weight is 451 g/mol. The van der Waals surface area contributed by atoms with Gasteiger partial charge in [0.1, 0.15) is 6.67 Å². The maximum atomic E-state index is 13.9. The van der Waals surface area contributed by atoms with Crippen molar-refractivity contribution in [1.82, 2.24) is 4.90 Å². The molecule has 3 aromatic carbocycles. The fourth-order valence-corrected chi connectivity index (χ4v) is 6.44. The van der Waals surface area contributed by atoms with E-state index in [9.17, 15) is 14.4 Å². The summed E-state index contributed by atoms with van der Waals surface area (Å²) in [6.45, 7) is 3.47. The lowest BCUT2D eigenvalue weighted by Gasteiger charge is -2.45. The van der Waals surface area contributed by atoms with E-state index in [1.165, 1.54) is 11.8 Å². The van der Waals surface area contributed by atoms with Crippen LogP contribution in [0.2, 0.25) is 0 Å². The Labute approximate surface area is 199 Å². The lowest BCUT2D eigenvalue weighted by molar-refractivity contribution is -0.140. The Balaban J connectivity index is 1.43. The fraction of sp³-hybridized carbons (Fsp3) is 0.276. The molecule has 0 radical (unpaired) electrons. The summed E-state index contributed by atoms with van der Waals surface area (Å²) in [6.07, 6.45) is 0.752. The lowest BCUT2D eigenvalue weighted by atomic mass is 9.55. The summed E-state index contributed by atoms with van der Waals surface area (Å²) in [6, 6.07) is 24.1. The molecular weight excluding hydrogens is 424 g/mol. The fourth-order valence-electron chi connectivity index (χ4n) is 6.44. The summed E-state index contributed by atoms with van der Waals surface area (Å²) in [7, 11) is 0. The van der Waals surface area contributed by atoms with Crippen LogP contribution in [0.25, 0.3) is 0 Å². The second-order valence-corrected chi connectivity index (χ2v) is 9.44. The summed E-state index contributed by atoms with van der Waals surface area (Å²) < 4.78 is 0. The smallest absolute Gasteiger partial charge is 0.235 e. The molecule has 4 aliphatic rings. The SMILES string of the molecule is CCc1ccccc1N(CN1C(=O)C2C3c4ccccc4C(c4ccccc43)C2C1=O)C(C)=O. The molecule has 1 saturated heterocycles. The Bertz CT molecular complexity index is 1230. The van der Waals surface area contributed by atoms with Gasteiger partial charge in [-0.1, -0.05) is 73.7 Å². The standard InChI is InChI=1S/C29H26N2O3/c1-3-18-10-4-9-15-23(18)30(17(2)32)16-31-28(33)26-24-19-11-5-6-12-20(19)25(27(26)29(31)34)22-14-8-7-13-21(22)24/h4-15,24-27H,3,16H2,1-2H3. The van der Waals surface area contributed by atoms with Crippen LogP contribution in [0, 0.1) is 11.8 Å². The first kappa shape index (κ1) is 20.8. The van der Waals surface area contributed by atoms with Crippen LogP contribution in [0.5, 0.6) is 0 Å². The van der Waals surface area contributed by atoms with E-state index in [2.05, 4.69) is 24.3 Å². The molecule has 5 nitrogen and oxygen atoms in total. The minimum atomic E-state index is -0.433. The van der Waals surface area contributed by atoms with Gasteiger partial charge in [-0.05, 0) is 40.3 Å². The average Bonchev–Trinajstić information content (AvgIpc) is 3.12. The number of hydrogen-bond donors (Lipinski definition) is 0. The van der Waals surface area contributed by atoms with E-state index in [0.717, 1.165) is 39.9 Å². The van der Waals surface area contributed by atoms with Crippen molar-refractivity contribution in [3.8, 4) is 0 Å². The number of benzene rings is 3. The van der Waals surface area contributed by atoms with E-state index in [0.29, 0.717) is 0 Å². The van der Waals surface area contributed by atoms with Crippen LogP contribution < -0.4 is 4.90 Å². The van der Waals surface area contributed by atoms with Crippen molar-refractivity contribution in [2.75, 3.05) is 11.6 Å². The number of carbonyl (C=O) groups is 3. The number of amides is 3. The molecule has 2 unspecified atom stereocenters. The molecule has 3 amide bonds. The summed E-state index contributed by atoms with van der Waals surface area (Å²) in [5, 5.41) is 0. The van der Waals surface area contributed by atoms with Crippen LogP contribution in [0.4, 0.5) is 5.69 Å². The van der Waals surface area contributed by atoms with Crippen LogP contribution in [-0.2, 0) is 20.8 Å². The number of likely N-dealkylation sites (tertiary alicyclic amines) is 1. The topological polar surface area (TPSA) is 57.7 Å². The molecule has 0 saturated carbocycles. The van der Waals surface area contributed by atoms with E-state index in [4.69, 9.17) is 0 Å². The van der Waals surface area contributed by atoms with E-state index in [-0.39, 0.29) is 36.2 Å². The number of aryl methyl sites for hydroxylation is 1. The molecule has 3 aromatic rings. The highest BCUT2D eigenvalue weighted by Gasteiger charge is 2.61. The predicted octanol–water partition coefficient (Wildman–Crippen LogP) is 4.45. The molecule has 34 heavy (non-hydrogen) atoms. The maximum Gasteiger partial charge on any atom is 0.235 e. The minimum absolute atomic E-state index is 0.0524. The minimum Gasteiger partial charge on any atom is -0.294 e. The summed E-state index contributed by atoms with van der Waals surface area (Å²) in [4.78, 5) is 43.3.